The molecular weight excluding hydrogens is 216 g/mol. The Morgan fingerprint density at radius 3 is 2.59 bits per heavy atom. The number of nitrogens with one attached hydrogen (secondary N) is 1. The lowest BCUT2D eigenvalue weighted by Crippen LogP contribution is -2.29. The summed E-state index contributed by atoms with van der Waals surface area (Å²) in [5.41, 5.74) is -0.0847. The van der Waals surface area contributed by atoms with Crippen LogP contribution in [0.25, 0.3) is 0 Å². The largest absolute Gasteiger partial charge is 0.357 e. The summed E-state index contributed by atoms with van der Waals surface area (Å²) in [6.45, 7) is 6.71. The van der Waals surface area contributed by atoms with Gasteiger partial charge in [-0.1, -0.05) is 0 Å². The van der Waals surface area contributed by atoms with E-state index >= 15 is 0 Å². The zero-order valence-corrected chi connectivity index (χ0v) is 11.2. The van der Waals surface area contributed by atoms with Gasteiger partial charge in [-0.2, -0.15) is 0 Å². The number of hydrogen-bond donors (Lipinski definition) is 1. The number of aromatic amines is 1. The molecular formula is C12H22N4O. The summed E-state index contributed by atoms with van der Waals surface area (Å²) in [5.74, 6) is 1.44. The van der Waals surface area contributed by atoms with Crippen LogP contribution in [0.2, 0.25) is 0 Å². The van der Waals surface area contributed by atoms with Crippen LogP contribution in [0.4, 0.5) is 5.82 Å². The molecule has 0 saturated heterocycles. The molecule has 1 aromatic rings. The third-order valence-corrected chi connectivity index (χ3v) is 2.59. The molecule has 5 heteroatoms. The number of hydrogen-bond acceptors (Lipinski definition) is 4. The maximum atomic E-state index is 11.4. The molecule has 0 aliphatic carbocycles. The molecule has 0 amide bonds. The zero-order valence-electron chi connectivity index (χ0n) is 11.2. The fourth-order valence-corrected chi connectivity index (χ4v) is 1.74. The lowest BCUT2D eigenvalue weighted by molar-refractivity contribution is 0.400. The number of rotatable bonds is 6. The first kappa shape index (κ1) is 13.7. The predicted octanol–water partition coefficient (Wildman–Crippen LogP) is 0.856. The van der Waals surface area contributed by atoms with Crippen LogP contribution in [-0.4, -0.2) is 48.6 Å². The fraction of sp³-hybridized carbons (Fsp3) is 0.667. The highest BCUT2D eigenvalue weighted by Crippen LogP contribution is 2.07. The van der Waals surface area contributed by atoms with Crippen molar-refractivity contribution in [1.82, 2.24) is 14.9 Å². The van der Waals surface area contributed by atoms with E-state index in [-0.39, 0.29) is 5.56 Å². The van der Waals surface area contributed by atoms with E-state index in [1.165, 1.54) is 0 Å². The number of aromatic nitrogens is 2. The van der Waals surface area contributed by atoms with Gasteiger partial charge in [-0.25, -0.2) is 4.98 Å². The summed E-state index contributed by atoms with van der Waals surface area (Å²) in [5, 5.41) is 0. The predicted molar refractivity (Wildman–Crippen MR) is 70.7 cm³/mol. The smallest absolute Gasteiger partial charge is 0.252 e. The molecule has 0 unspecified atom stereocenters. The lowest BCUT2D eigenvalue weighted by Gasteiger charge is -2.22. The molecule has 0 bridgehead atoms. The summed E-state index contributed by atoms with van der Waals surface area (Å²) in [6.07, 6.45) is 1.06. The van der Waals surface area contributed by atoms with E-state index in [2.05, 4.69) is 40.8 Å². The van der Waals surface area contributed by atoms with Crippen LogP contribution >= 0.6 is 0 Å². The molecule has 17 heavy (non-hydrogen) atoms. The van der Waals surface area contributed by atoms with Gasteiger partial charge in [0.2, 0.25) is 0 Å². The summed E-state index contributed by atoms with van der Waals surface area (Å²) in [4.78, 5) is 22.7. The van der Waals surface area contributed by atoms with Crippen molar-refractivity contribution < 1.29 is 0 Å². The first-order valence-corrected chi connectivity index (χ1v) is 6.00. The van der Waals surface area contributed by atoms with E-state index in [4.69, 9.17) is 0 Å². The average molecular weight is 238 g/mol. The highest BCUT2D eigenvalue weighted by atomic mass is 16.1. The summed E-state index contributed by atoms with van der Waals surface area (Å²) < 4.78 is 0. The first-order valence-electron chi connectivity index (χ1n) is 6.00. The minimum absolute atomic E-state index is 0.0847. The Kier molecular flexibility index (Phi) is 5.15. The topological polar surface area (TPSA) is 52.2 Å². The molecule has 1 heterocycles. The van der Waals surface area contributed by atoms with Crippen molar-refractivity contribution in [2.45, 2.75) is 20.3 Å². The maximum Gasteiger partial charge on any atom is 0.252 e. The van der Waals surface area contributed by atoms with E-state index in [1.54, 1.807) is 13.0 Å². The van der Waals surface area contributed by atoms with Gasteiger partial charge in [-0.15, -0.1) is 0 Å². The molecule has 0 atom stereocenters. The maximum absolute atomic E-state index is 11.4. The fourth-order valence-electron chi connectivity index (χ4n) is 1.74. The standard InChI is InChI=1S/C12H22N4O/c1-5-16(8-6-7-15(3)4)11-9-12(17)14-10(2)13-11/h9H,5-8H2,1-4H3,(H,13,14,17). The third-order valence-electron chi connectivity index (χ3n) is 2.59. The Hall–Kier alpha value is -1.36. The van der Waals surface area contributed by atoms with Crippen LogP contribution in [0.1, 0.15) is 19.2 Å². The van der Waals surface area contributed by atoms with E-state index in [0.717, 1.165) is 31.9 Å². The van der Waals surface area contributed by atoms with Gasteiger partial charge in [-0.3, -0.25) is 4.79 Å². The minimum Gasteiger partial charge on any atom is -0.357 e. The molecule has 0 fully saturated rings. The number of nitrogens with zero attached hydrogens (tertiary/aromatic N) is 3. The Morgan fingerprint density at radius 1 is 1.35 bits per heavy atom. The van der Waals surface area contributed by atoms with Crippen LogP contribution in [0.15, 0.2) is 10.9 Å². The molecule has 0 spiro atoms. The monoisotopic (exact) mass is 238 g/mol. The van der Waals surface area contributed by atoms with Gasteiger partial charge in [-0.05, 0) is 40.9 Å². The highest BCUT2D eigenvalue weighted by molar-refractivity contribution is 5.36. The normalized spacial score (nSPS) is 10.9. The van der Waals surface area contributed by atoms with E-state index in [0.29, 0.717) is 5.82 Å². The SMILES string of the molecule is CCN(CCCN(C)C)c1cc(=O)[nH]c(C)n1. The molecule has 0 aromatic carbocycles. The van der Waals surface area contributed by atoms with Crippen molar-refractivity contribution in [3.63, 3.8) is 0 Å². The average Bonchev–Trinajstić information content (AvgIpc) is 2.22. The van der Waals surface area contributed by atoms with Gasteiger partial charge >= 0.3 is 0 Å². The molecule has 1 aromatic heterocycles. The Bertz CT molecular complexity index is 400. The van der Waals surface area contributed by atoms with E-state index in [9.17, 15) is 4.79 Å². The molecule has 96 valence electrons. The van der Waals surface area contributed by atoms with Crippen molar-refractivity contribution in [3.8, 4) is 0 Å². The van der Waals surface area contributed by atoms with Crippen LogP contribution in [-0.2, 0) is 0 Å². The van der Waals surface area contributed by atoms with Gasteiger partial charge in [0.05, 0.1) is 0 Å². The first-order chi connectivity index (χ1) is 8.02. The second-order valence-corrected chi connectivity index (χ2v) is 4.43. The molecule has 0 aliphatic rings. The third kappa shape index (κ3) is 4.56. The summed E-state index contributed by atoms with van der Waals surface area (Å²) >= 11 is 0. The second kappa shape index (κ2) is 6.39. The lowest BCUT2D eigenvalue weighted by atomic mass is 10.3. The molecule has 0 saturated carbocycles. The van der Waals surface area contributed by atoms with Gasteiger partial charge < -0.3 is 14.8 Å². The number of anilines is 1. The summed E-state index contributed by atoms with van der Waals surface area (Å²) in [7, 11) is 4.12. The van der Waals surface area contributed by atoms with Crippen LogP contribution in [0.5, 0.6) is 0 Å². The van der Waals surface area contributed by atoms with Gasteiger partial charge in [0.25, 0.3) is 5.56 Å². The highest BCUT2D eigenvalue weighted by Gasteiger charge is 2.07. The van der Waals surface area contributed by atoms with Crippen LogP contribution in [0.3, 0.4) is 0 Å². The van der Waals surface area contributed by atoms with Crippen molar-refractivity contribution in [2.24, 2.45) is 0 Å². The van der Waals surface area contributed by atoms with Gasteiger partial charge in [0, 0.05) is 19.2 Å². The van der Waals surface area contributed by atoms with Crippen molar-refractivity contribution in [3.05, 3.63) is 22.2 Å². The van der Waals surface area contributed by atoms with Gasteiger partial charge in [0.1, 0.15) is 11.6 Å². The molecule has 0 aliphatic heterocycles. The number of H-pyrrole nitrogens is 1. The summed E-state index contributed by atoms with van der Waals surface area (Å²) in [6, 6.07) is 1.56. The molecule has 0 radical (unpaired) electrons. The van der Waals surface area contributed by atoms with E-state index < -0.39 is 0 Å². The second-order valence-electron chi connectivity index (χ2n) is 4.43. The Labute approximate surface area is 102 Å². The quantitative estimate of drug-likeness (QED) is 0.798. The van der Waals surface area contributed by atoms with Crippen molar-refractivity contribution >= 4 is 5.82 Å². The van der Waals surface area contributed by atoms with Crippen LogP contribution < -0.4 is 10.5 Å². The van der Waals surface area contributed by atoms with Crippen molar-refractivity contribution in [1.29, 1.82) is 0 Å². The molecule has 1 N–H and O–H groups in total. The van der Waals surface area contributed by atoms with E-state index in [1.807, 2.05) is 0 Å². The number of aryl methyl sites for hydroxylation is 1. The minimum atomic E-state index is -0.0847. The molecule has 1 rings (SSSR count). The van der Waals surface area contributed by atoms with Crippen molar-refractivity contribution in [2.75, 3.05) is 38.6 Å². The molecule has 5 nitrogen and oxygen atoms in total. The Balaban J connectivity index is 2.69. The zero-order chi connectivity index (χ0) is 12.8. The van der Waals surface area contributed by atoms with Gasteiger partial charge in [0.15, 0.2) is 0 Å². The Morgan fingerprint density at radius 2 is 2.06 bits per heavy atom. The van der Waals surface area contributed by atoms with Crippen LogP contribution in [0, 0.1) is 6.92 Å².